The lowest BCUT2D eigenvalue weighted by atomic mass is 10.2. The molecule has 2 N–H and O–H groups in total. The summed E-state index contributed by atoms with van der Waals surface area (Å²) in [5, 5.41) is 2.17. The Hall–Kier alpha value is -2.46. The maximum atomic E-state index is 12.8. The van der Waals surface area contributed by atoms with Crippen LogP contribution in [0.25, 0.3) is 11.0 Å². The van der Waals surface area contributed by atoms with Crippen molar-refractivity contribution in [3.63, 3.8) is 0 Å². The molecule has 3 rings (SSSR count). The highest BCUT2D eigenvalue weighted by Gasteiger charge is 2.31. The number of sulfonamides is 1. The highest BCUT2D eigenvalue weighted by atomic mass is 35.6. The predicted molar refractivity (Wildman–Crippen MR) is 116 cm³/mol. The highest BCUT2D eigenvalue weighted by molar-refractivity contribution is 7.92. The van der Waals surface area contributed by atoms with E-state index in [2.05, 4.69) is 10.0 Å². The topological polar surface area (TPSA) is 115 Å². The zero-order valence-corrected chi connectivity index (χ0v) is 18.2. The molecule has 0 aliphatic carbocycles. The first-order valence-corrected chi connectivity index (χ1v) is 11.1. The van der Waals surface area contributed by atoms with Gasteiger partial charge in [-0.1, -0.05) is 53.0 Å². The Bertz CT molecular complexity index is 1270. The van der Waals surface area contributed by atoms with Crippen molar-refractivity contribution in [3.05, 3.63) is 59.0 Å². The number of hydrogen-bond donors (Lipinski definition) is 2. The number of carbonyl (C=O) groups is 1. The van der Waals surface area contributed by atoms with Gasteiger partial charge >= 0.3 is 0 Å². The number of amides is 1. The lowest BCUT2D eigenvalue weighted by Crippen LogP contribution is -2.29. The van der Waals surface area contributed by atoms with Gasteiger partial charge in [0.05, 0.1) is 17.3 Å². The van der Waals surface area contributed by atoms with Gasteiger partial charge in [0.1, 0.15) is 23.3 Å². The van der Waals surface area contributed by atoms with Gasteiger partial charge in [0.25, 0.3) is 9.70 Å². The van der Waals surface area contributed by atoms with E-state index < -0.39 is 25.2 Å². The van der Waals surface area contributed by atoms with E-state index in [-0.39, 0.29) is 28.1 Å². The number of fused-ring (bicyclic) bond motifs is 1. The second-order valence-electron chi connectivity index (χ2n) is 6.06. The average Bonchev–Trinajstić information content (AvgIpc) is 2.64. The van der Waals surface area contributed by atoms with Crippen molar-refractivity contribution in [3.8, 4) is 11.5 Å². The number of hydrogen-bond acceptors (Lipinski definition) is 6. The number of alkyl halides is 3. The van der Waals surface area contributed by atoms with Crippen molar-refractivity contribution in [2.75, 3.05) is 16.3 Å². The monoisotopic (exact) mass is 490 g/mol. The van der Waals surface area contributed by atoms with Crippen LogP contribution in [-0.2, 0) is 14.8 Å². The van der Waals surface area contributed by atoms with Crippen LogP contribution in [0.5, 0.6) is 11.5 Å². The Morgan fingerprint density at radius 1 is 1.10 bits per heavy atom. The van der Waals surface area contributed by atoms with Crippen LogP contribution in [0.1, 0.15) is 0 Å². The third kappa shape index (κ3) is 5.37. The molecule has 0 saturated heterocycles. The van der Waals surface area contributed by atoms with Gasteiger partial charge in [0.2, 0.25) is 15.5 Å². The first kappa shape index (κ1) is 22.2. The quantitative estimate of drug-likeness (QED) is 0.515. The second-order valence-corrected chi connectivity index (χ2v) is 10.1. The van der Waals surface area contributed by atoms with Crippen LogP contribution >= 0.6 is 34.8 Å². The van der Waals surface area contributed by atoms with Crippen LogP contribution in [0.2, 0.25) is 0 Å². The summed E-state index contributed by atoms with van der Waals surface area (Å²) in [5.41, 5.74) is -0.829. The SMILES string of the molecule is CS(=O)(=O)Nc1cc2occ(NC(=O)C(Cl)(Cl)Cl)c(=O)c2cc1Oc1ccccc1. The molecule has 0 saturated carbocycles. The Labute approximate surface area is 185 Å². The van der Waals surface area contributed by atoms with E-state index in [0.29, 0.717) is 5.75 Å². The van der Waals surface area contributed by atoms with Crippen LogP contribution in [0, 0.1) is 0 Å². The fourth-order valence-corrected chi connectivity index (χ4v) is 3.12. The van der Waals surface area contributed by atoms with Crippen LogP contribution in [0.15, 0.2) is 57.9 Å². The number of nitrogens with one attached hydrogen (secondary N) is 2. The molecule has 0 aliphatic rings. The summed E-state index contributed by atoms with van der Waals surface area (Å²) in [4.78, 5) is 24.6. The fraction of sp³-hybridized carbons (Fsp3) is 0.111. The zero-order chi connectivity index (χ0) is 22.1. The van der Waals surface area contributed by atoms with Gasteiger partial charge in [-0.25, -0.2) is 8.42 Å². The highest BCUT2D eigenvalue weighted by Crippen LogP contribution is 2.34. The molecular weight excluding hydrogens is 479 g/mol. The predicted octanol–water partition coefficient (Wildman–Crippen LogP) is 4.27. The molecule has 158 valence electrons. The second kappa shape index (κ2) is 8.35. The number of benzene rings is 2. The van der Waals surface area contributed by atoms with E-state index in [1.54, 1.807) is 30.3 Å². The van der Waals surface area contributed by atoms with Crippen molar-refractivity contribution >= 4 is 73.1 Å². The maximum absolute atomic E-state index is 12.8. The summed E-state index contributed by atoms with van der Waals surface area (Å²) in [7, 11) is -3.66. The molecule has 0 aliphatic heterocycles. The van der Waals surface area contributed by atoms with Gasteiger partial charge in [-0.05, 0) is 18.2 Å². The molecule has 0 atom stereocenters. The van der Waals surface area contributed by atoms with Crippen LogP contribution in [-0.4, -0.2) is 24.4 Å². The van der Waals surface area contributed by atoms with Crippen LogP contribution in [0.4, 0.5) is 11.4 Å². The minimum Gasteiger partial charge on any atom is -0.462 e. The van der Waals surface area contributed by atoms with Crippen molar-refractivity contribution < 1.29 is 22.4 Å². The standard InChI is InChI=1S/C18H13Cl3N2O6S/c1-30(26,27)23-12-8-14-11(7-15(12)29-10-5-3-2-4-6-10)16(24)13(9-28-14)22-17(25)18(19,20)21/h2-9,23H,1H3,(H,22,25). The number of halogens is 3. The van der Waals surface area contributed by atoms with Crippen molar-refractivity contribution in [1.82, 2.24) is 0 Å². The molecule has 0 spiro atoms. The van der Waals surface area contributed by atoms with Gasteiger partial charge in [0, 0.05) is 6.07 Å². The third-order valence-electron chi connectivity index (χ3n) is 3.65. The summed E-state index contributed by atoms with van der Waals surface area (Å²) in [6.45, 7) is 0. The first-order valence-electron chi connectivity index (χ1n) is 8.12. The van der Waals surface area contributed by atoms with E-state index >= 15 is 0 Å². The summed E-state index contributed by atoms with van der Waals surface area (Å²) in [6, 6.07) is 11.1. The molecule has 0 bridgehead atoms. The Morgan fingerprint density at radius 2 is 1.77 bits per heavy atom. The van der Waals surface area contributed by atoms with Gasteiger partial charge in [-0.2, -0.15) is 0 Å². The third-order valence-corrected chi connectivity index (χ3v) is 4.75. The molecule has 1 amide bonds. The Balaban J connectivity index is 2.13. The van der Waals surface area contributed by atoms with E-state index in [4.69, 9.17) is 44.0 Å². The summed E-state index contributed by atoms with van der Waals surface area (Å²) in [5.74, 6) is -0.606. The number of ether oxygens (including phenoxy) is 1. The number of carbonyl (C=O) groups excluding carboxylic acids is 1. The van der Waals surface area contributed by atoms with E-state index in [9.17, 15) is 18.0 Å². The average molecular weight is 492 g/mol. The van der Waals surface area contributed by atoms with Gasteiger partial charge < -0.3 is 14.5 Å². The van der Waals surface area contributed by atoms with Gasteiger partial charge in [-0.15, -0.1) is 0 Å². The smallest absolute Gasteiger partial charge is 0.276 e. The molecule has 8 nitrogen and oxygen atoms in total. The van der Waals surface area contributed by atoms with Crippen molar-refractivity contribution in [2.24, 2.45) is 0 Å². The minimum atomic E-state index is -3.66. The van der Waals surface area contributed by atoms with E-state index in [0.717, 1.165) is 12.5 Å². The van der Waals surface area contributed by atoms with Crippen molar-refractivity contribution in [2.45, 2.75) is 3.79 Å². The molecule has 0 unspecified atom stereocenters. The minimum absolute atomic E-state index is 0.00194. The largest absolute Gasteiger partial charge is 0.462 e. The number of para-hydroxylation sites is 1. The molecule has 12 heteroatoms. The molecule has 1 heterocycles. The first-order chi connectivity index (χ1) is 13.9. The maximum Gasteiger partial charge on any atom is 0.276 e. The fourth-order valence-electron chi connectivity index (χ4n) is 2.41. The van der Waals surface area contributed by atoms with Crippen LogP contribution in [0.3, 0.4) is 0 Å². The summed E-state index contributed by atoms with van der Waals surface area (Å²) >= 11 is 16.5. The molecule has 1 aromatic heterocycles. The number of anilines is 2. The van der Waals surface area contributed by atoms with Crippen molar-refractivity contribution in [1.29, 1.82) is 0 Å². The van der Waals surface area contributed by atoms with Gasteiger partial charge in [-0.3, -0.25) is 14.3 Å². The van der Waals surface area contributed by atoms with E-state index in [1.165, 1.54) is 12.1 Å². The molecule has 2 aromatic carbocycles. The molecule has 0 fully saturated rings. The molecule has 3 aromatic rings. The van der Waals surface area contributed by atoms with Crippen LogP contribution < -0.4 is 20.2 Å². The lowest BCUT2D eigenvalue weighted by Gasteiger charge is -2.14. The summed E-state index contributed by atoms with van der Waals surface area (Å²) < 4.78 is 34.6. The van der Waals surface area contributed by atoms with E-state index in [1.807, 2.05) is 0 Å². The molecule has 30 heavy (non-hydrogen) atoms. The normalized spacial score (nSPS) is 11.9. The zero-order valence-electron chi connectivity index (χ0n) is 15.1. The summed E-state index contributed by atoms with van der Waals surface area (Å²) in [6.07, 6.45) is 1.93. The molecular formula is C18H13Cl3N2O6S. The number of rotatable bonds is 5. The lowest BCUT2D eigenvalue weighted by molar-refractivity contribution is -0.115. The molecule has 0 radical (unpaired) electrons. The van der Waals surface area contributed by atoms with Gasteiger partial charge in [0.15, 0.2) is 5.75 Å². The Morgan fingerprint density at radius 3 is 2.37 bits per heavy atom. The Kier molecular flexibility index (Phi) is 6.19.